The molecule has 0 saturated heterocycles. The van der Waals surface area contributed by atoms with Crippen LogP contribution in [0.3, 0.4) is 0 Å². The Morgan fingerprint density at radius 1 is 1.50 bits per heavy atom. The van der Waals surface area contributed by atoms with Crippen LogP contribution < -0.4 is 4.74 Å². The number of aromatic amines is 1. The fraction of sp³-hybridized carbons (Fsp3) is 0.273. The number of rotatable bonds is 2. The molecule has 0 amide bonds. The Morgan fingerprint density at radius 3 is 2.93 bits per heavy atom. The van der Waals surface area contributed by atoms with E-state index in [0.717, 1.165) is 22.2 Å². The summed E-state index contributed by atoms with van der Waals surface area (Å²) in [5.74, 6) is 1.34. The smallest absolute Gasteiger partial charge is 0.124 e. The Kier molecular flexibility index (Phi) is 2.38. The first-order valence-corrected chi connectivity index (χ1v) is 5.01. The van der Waals surface area contributed by atoms with Crippen molar-refractivity contribution in [3.63, 3.8) is 0 Å². The van der Waals surface area contributed by atoms with Crippen LogP contribution in [0.4, 0.5) is 0 Å². The molecule has 14 heavy (non-hydrogen) atoms. The molecule has 2 nitrogen and oxygen atoms in total. The lowest BCUT2D eigenvalue weighted by Crippen LogP contribution is -1.92. The van der Waals surface area contributed by atoms with Crippen molar-refractivity contribution in [3.05, 3.63) is 29.5 Å². The van der Waals surface area contributed by atoms with E-state index in [-0.39, 0.29) is 0 Å². The van der Waals surface area contributed by atoms with Crippen molar-refractivity contribution in [2.24, 2.45) is 0 Å². The zero-order chi connectivity index (χ0) is 10.1. The van der Waals surface area contributed by atoms with Crippen molar-refractivity contribution in [3.8, 4) is 5.75 Å². The average molecular weight is 210 g/mol. The van der Waals surface area contributed by atoms with E-state index >= 15 is 0 Å². The number of ether oxygens (including phenoxy) is 1. The minimum Gasteiger partial charge on any atom is -0.496 e. The molecule has 0 aliphatic heterocycles. The van der Waals surface area contributed by atoms with Crippen LogP contribution in [-0.4, -0.2) is 12.1 Å². The van der Waals surface area contributed by atoms with E-state index in [9.17, 15) is 0 Å². The highest BCUT2D eigenvalue weighted by Gasteiger charge is 2.10. The van der Waals surface area contributed by atoms with Crippen molar-refractivity contribution < 1.29 is 4.74 Å². The number of alkyl halides is 1. The third-order valence-electron chi connectivity index (χ3n) is 2.47. The highest BCUT2D eigenvalue weighted by atomic mass is 35.5. The molecule has 2 rings (SSSR count). The lowest BCUT2D eigenvalue weighted by Gasteiger charge is -2.09. The van der Waals surface area contributed by atoms with Crippen LogP contribution in [0.25, 0.3) is 10.9 Å². The van der Waals surface area contributed by atoms with Crippen LogP contribution in [0.1, 0.15) is 11.1 Å². The topological polar surface area (TPSA) is 25.0 Å². The first-order valence-electron chi connectivity index (χ1n) is 4.47. The van der Waals surface area contributed by atoms with Gasteiger partial charge >= 0.3 is 0 Å². The van der Waals surface area contributed by atoms with Crippen molar-refractivity contribution in [2.45, 2.75) is 12.8 Å². The van der Waals surface area contributed by atoms with Crippen molar-refractivity contribution in [1.29, 1.82) is 0 Å². The summed E-state index contributed by atoms with van der Waals surface area (Å²) >= 11 is 5.91. The number of benzene rings is 1. The number of aryl methyl sites for hydroxylation is 1. The van der Waals surface area contributed by atoms with E-state index in [1.807, 2.05) is 18.3 Å². The van der Waals surface area contributed by atoms with Crippen LogP contribution in [0.15, 0.2) is 18.3 Å². The Hall–Kier alpha value is -1.15. The molecule has 1 aromatic carbocycles. The van der Waals surface area contributed by atoms with Gasteiger partial charge in [-0.1, -0.05) is 0 Å². The standard InChI is InChI=1S/C11H12ClNO/c1-7-5-10(14-2)9(6-12)8-3-4-13-11(7)8/h3-5,13H,6H2,1-2H3. The zero-order valence-corrected chi connectivity index (χ0v) is 8.98. The number of hydrogen-bond acceptors (Lipinski definition) is 1. The highest BCUT2D eigenvalue weighted by Crippen LogP contribution is 2.31. The molecule has 0 atom stereocenters. The van der Waals surface area contributed by atoms with Gasteiger partial charge in [0.1, 0.15) is 5.75 Å². The van der Waals surface area contributed by atoms with Crippen LogP contribution in [0.5, 0.6) is 5.75 Å². The van der Waals surface area contributed by atoms with E-state index in [2.05, 4.69) is 11.9 Å². The van der Waals surface area contributed by atoms with E-state index < -0.39 is 0 Å². The Bertz CT molecular complexity index is 462. The third-order valence-corrected chi connectivity index (χ3v) is 2.73. The summed E-state index contributed by atoms with van der Waals surface area (Å²) in [5, 5.41) is 1.15. The Morgan fingerprint density at radius 2 is 2.29 bits per heavy atom. The molecule has 0 fully saturated rings. The number of hydrogen-bond donors (Lipinski definition) is 1. The molecule has 1 N–H and O–H groups in total. The molecule has 1 heterocycles. The number of fused-ring (bicyclic) bond motifs is 1. The van der Waals surface area contributed by atoms with Gasteiger partial charge in [0.15, 0.2) is 0 Å². The van der Waals surface area contributed by atoms with Gasteiger partial charge in [-0.3, -0.25) is 0 Å². The zero-order valence-electron chi connectivity index (χ0n) is 8.23. The molecule has 1 aromatic heterocycles. The number of methoxy groups -OCH3 is 1. The summed E-state index contributed by atoms with van der Waals surface area (Å²) in [7, 11) is 1.67. The Labute approximate surface area is 87.8 Å². The fourth-order valence-corrected chi connectivity index (χ4v) is 2.03. The number of halogens is 1. The van der Waals surface area contributed by atoms with Gasteiger partial charge in [0.25, 0.3) is 0 Å². The summed E-state index contributed by atoms with van der Waals surface area (Å²) in [6.45, 7) is 2.05. The second-order valence-corrected chi connectivity index (χ2v) is 3.54. The third kappa shape index (κ3) is 1.26. The molecular weight excluding hydrogens is 198 g/mol. The van der Waals surface area contributed by atoms with E-state index in [1.165, 1.54) is 5.56 Å². The van der Waals surface area contributed by atoms with Crippen LogP contribution in [0, 0.1) is 6.92 Å². The van der Waals surface area contributed by atoms with Gasteiger partial charge in [-0.05, 0) is 24.6 Å². The quantitative estimate of drug-likeness (QED) is 0.755. The van der Waals surface area contributed by atoms with Gasteiger partial charge in [0.2, 0.25) is 0 Å². The van der Waals surface area contributed by atoms with Crippen LogP contribution in [0.2, 0.25) is 0 Å². The van der Waals surface area contributed by atoms with Gasteiger partial charge in [0, 0.05) is 22.7 Å². The van der Waals surface area contributed by atoms with Gasteiger partial charge in [-0.25, -0.2) is 0 Å². The van der Waals surface area contributed by atoms with Gasteiger partial charge in [0.05, 0.1) is 13.0 Å². The second kappa shape index (κ2) is 3.54. The van der Waals surface area contributed by atoms with Crippen LogP contribution in [-0.2, 0) is 5.88 Å². The summed E-state index contributed by atoms with van der Waals surface area (Å²) in [4.78, 5) is 3.20. The molecule has 0 saturated carbocycles. The lowest BCUT2D eigenvalue weighted by atomic mass is 10.1. The maximum atomic E-state index is 5.91. The number of aromatic nitrogens is 1. The predicted octanol–water partition coefficient (Wildman–Crippen LogP) is 3.22. The molecule has 0 radical (unpaired) electrons. The molecule has 0 aliphatic rings. The summed E-state index contributed by atoms with van der Waals surface area (Å²) in [6.07, 6.45) is 1.92. The molecule has 0 unspecified atom stereocenters. The monoisotopic (exact) mass is 209 g/mol. The molecule has 74 valence electrons. The Balaban J connectivity index is 2.82. The molecule has 0 aliphatic carbocycles. The SMILES string of the molecule is COc1cc(C)c2[nH]ccc2c1CCl. The fourth-order valence-electron chi connectivity index (χ4n) is 1.76. The molecule has 0 spiro atoms. The predicted molar refractivity (Wildman–Crippen MR) is 59.1 cm³/mol. The summed E-state index contributed by atoms with van der Waals surface area (Å²) in [5.41, 5.74) is 3.37. The lowest BCUT2D eigenvalue weighted by molar-refractivity contribution is 0.412. The first kappa shape index (κ1) is 9.41. The second-order valence-electron chi connectivity index (χ2n) is 3.27. The van der Waals surface area contributed by atoms with E-state index in [4.69, 9.17) is 16.3 Å². The van der Waals surface area contributed by atoms with Gasteiger partial charge in [-0.2, -0.15) is 0 Å². The number of nitrogens with one attached hydrogen (secondary N) is 1. The maximum Gasteiger partial charge on any atom is 0.124 e. The van der Waals surface area contributed by atoms with Crippen molar-refractivity contribution in [2.75, 3.05) is 7.11 Å². The molecule has 2 aromatic rings. The largest absolute Gasteiger partial charge is 0.496 e. The highest BCUT2D eigenvalue weighted by molar-refractivity contribution is 6.18. The molecule has 3 heteroatoms. The maximum absolute atomic E-state index is 5.91. The van der Waals surface area contributed by atoms with Crippen molar-refractivity contribution >= 4 is 22.5 Å². The van der Waals surface area contributed by atoms with Gasteiger partial charge < -0.3 is 9.72 Å². The minimum atomic E-state index is 0.470. The van der Waals surface area contributed by atoms with Crippen LogP contribution >= 0.6 is 11.6 Å². The average Bonchev–Trinajstić information content (AvgIpc) is 2.66. The normalized spacial score (nSPS) is 10.8. The molecular formula is C11H12ClNO. The first-order chi connectivity index (χ1) is 6.77. The molecule has 0 bridgehead atoms. The summed E-state index contributed by atoms with van der Waals surface area (Å²) in [6, 6.07) is 4.04. The minimum absolute atomic E-state index is 0.470. The van der Waals surface area contributed by atoms with E-state index in [1.54, 1.807) is 7.11 Å². The summed E-state index contributed by atoms with van der Waals surface area (Å²) < 4.78 is 5.30. The number of H-pyrrole nitrogens is 1. The van der Waals surface area contributed by atoms with Crippen molar-refractivity contribution in [1.82, 2.24) is 4.98 Å². The van der Waals surface area contributed by atoms with E-state index in [0.29, 0.717) is 5.88 Å². The van der Waals surface area contributed by atoms with Gasteiger partial charge in [-0.15, -0.1) is 11.6 Å².